The summed E-state index contributed by atoms with van der Waals surface area (Å²) in [7, 11) is 0. The second kappa shape index (κ2) is 10.8. The summed E-state index contributed by atoms with van der Waals surface area (Å²) in [4.78, 5) is 16.4. The third kappa shape index (κ3) is 5.71. The molecule has 3 N–H and O–H groups in total. The lowest BCUT2D eigenvalue weighted by molar-refractivity contribution is 0.314. The van der Waals surface area contributed by atoms with Crippen LogP contribution in [0, 0.1) is 0 Å². The molecule has 0 aliphatic rings. The number of aromatic nitrogens is 1. The maximum Gasteiger partial charge on any atom is 0.197 e. The molecule has 0 spiro atoms. The predicted molar refractivity (Wildman–Crippen MR) is 119 cm³/mol. The second-order valence-electron chi connectivity index (χ2n) is 7.07. The minimum atomic E-state index is -0.0159. The highest BCUT2D eigenvalue weighted by Crippen LogP contribution is 2.22. The monoisotopic (exact) mass is 397 g/mol. The Morgan fingerprint density at radius 1 is 0.759 bits per heavy atom. The molecule has 0 atom stereocenters. The SMILES string of the molecule is CCCNCCOc1ccc2[nH]c3ccc(OCCNCCC)cc3c(=O)c2c1. The van der Waals surface area contributed by atoms with Gasteiger partial charge in [-0.25, -0.2) is 0 Å². The van der Waals surface area contributed by atoms with E-state index in [1.54, 1.807) is 0 Å². The Morgan fingerprint density at radius 2 is 1.24 bits per heavy atom. The Labute approximate surface area is 171 Å². The molecule has 3 aromatic rings. The zero-order valence-electron chi connectivity index (χ0n) is 17.3. The summed E-state index contributed by atoms with van der Waals surface area (Å²) in [6, 6.07) is 11.2. The van der Waals surface area contributed by atoms with Gasteiger partial charge in [-0.2, -0.15) is 0 Å². The van der Waals surface area contributed by atoms with E-state index in [0.717, 1.165) is 50.1 Å². The van der Waals surface area contributed by atoms with Gasteiger partial charge in [-0.1, -0.05) is 13.8 Å². The topological polar surface area (TPSA) is 75.4 Å². The van der Waals surface area contributed by atoms with Gasteiger partial charge in [0.1, 0.15) is 24.7 Å². The van der Waals surface area contributed by atoms with Crippen LogP contribution in [-0.4, -0.2) is 44.4 Å². The first-order valence-corrected chi connectivity index (χ1v) is 10.5. The number of rotatable bonds is 12. The van der Waals surface area contributed by atoms with Crippen molar-refractivity contribution in [3.8, 4) is 11.5 Å². The number of ether oxygens (including phenoxy) is 2. The fraction of sp³-hybridized carbons (Fsp3) is 0.435. The van der Waals surface area contributed by atoms with E-state index >= 15 is 0 Å². The summed E-state index contributed by atoms with van der Waals surface area (Å²) in [5.74, 6) is 1.41. The molecular weight excluding hydrogens is 366 g/mol. The standard InChI is InChI=1S/C23H31N3O3/c1-3-9-24-11-13-28-17-5-7-21-19(15-17)23(27)20-16-18(6-8-22(20)26-21)29-14-12-25-10-4-2/h5-8,15-16,24-25H,3-4,9-14H2,1-2H3,(H,26,27). The fourth-order valence-electron chi connectivity index (χ4n) is 3.20. The van der Waals surface area contributed by atoms with Crippen LogP contribution in [0.5, 0.6) is 11.5 Å². The largest absolute Gasteiger partial charge is 0.492 e. The van der Waals surface area contributed by atoms with Crippen molar-refractivity contribution >= 4 is 21.8 Å². The number of nitrogens with one attached hydrogen (secondary N) is 3. The van der Waals surface area contributed by atoms with E-state index in [1.807, 2.05) is 36.4 Å². The summed E-state index contributed by atoms with van der Waals surface area (Å²) in [6.45, 7) is 8.93. The van der Waals surface area contributed by atoms with Crippen LogP contribution in [0.2, 0.25) is 0 Å². The van der Waals surface area contributed by atoms with Crippen molar-refractivity contribution in [1.82, 2.24) is 15.6 Å². The number of H-pyrrole nitrogens is 1. The first-order chi connectivity index (χ1) is 14.2. The summed E-state index contributed by atoms with van der Waals surface area (Å²) in [5.41, 5.74) is 1.59. The summed E-state index contributed by atoms with van der Waals surface area (Å²) < 4.78 is 11.6. The lowest BCUT2D eigenvalue weighted by Gasteiger charge is -2.10. The minimum absolute atomic E-state index is 0.0159. The number of aromatic amines is 1. The van der Waals surface area contributed by atoms with Crippen LogP contribution in [0.1, 0.15) is 26.7 Å². The summed E-state index contributed by atoms with van der Waals surface area (Å²) >= 11 is 0. The van der Waals surface area contributed by atoms with Crippen LogP contribution in [-0.2, 0) is 0 Å². The van der Waals surface area contributed by atoms with Crippen molar-refractivity contribution in [2.75, 3.05) is 39.4 Å². The van der Waals surface area contributed by atoms with Gasteiger partial charge in [0, 0.05) is 23.9 Å². The third-order valence-electron chi connectivity index (χ3n) is 4.69. The van der Waals surface area contributed by atoms with Gasteiger partial charge in [0.2, 0.25) is 0 Å². The molecule has 2 aromatic carbocycles. The lowest BCUT2D eigenvalue weighted by Crippen LogP contribution is -2.21. The molecule has 1 aromatic heterocycles. The molecule has 0 bridgehead atoms. The molecule has 156 valence electrons. The molecule has 0 saturated heterocycles. The van der Waals surface area contributed by atoms with Crippen LogP contribution in [0.15, 0.2) is 41.2 Å². The van der Waals surface area contributed by atoms with Crippen LogP contribution in [0.3, 0.4) is 0 Å². The van der Waals surface area contributed by atoms with Gasteiger partial charge in [0.25, 0.3) is 0 Å². The van der Waals surface area contributed by atoms with Crippen molar-refractivity contribution in [3.05, 3.63) is 46.6 Å². The van der Waals surface area contributed by atoms with E-state index in [4.69, 9.17) is 9.47 Å². The first-order valence-electron chi connectivity index (χ1n) is 10.5. The van der Waals surface area contributed by atoms with Gasteiger partial charge < -0.3 is 25.1 Å². The molecule has 0 unspecified atom stereocenters. The van der Waals surface area contributed by atoms with Crippen LogP contribution >= 0.6 is 0 Å². The predicted octanol–water partition coefficient (Wildman–Crippen LogP) is 3.44. The quantitative estimate of drug-likeness (QED) is 0.322. The van der Waals surface area contributed by atoms with Crippen molar-refractivity contribution in [2.24, 2.45) is 0 Å². The van der Waals surface area contributed by atoms with Crippen LogP contribution in [0.25, 0.3) is 21.8 Å². The molecule has 6 nitrogen and oxygen atoms in total. The molecule has 0 fully saturated rings. The molecule has 3 rings (SSSR count). The highest BCUT2D eigenvalue weighted by Gasteiger charge is 2.08. The molecule has 0 saturated carbocycles. The van der Waals surface area contributed by atoms with E-state index < -0.39 is 0 Å². The number of pyridine rings is 1. The Balaban J connectivity index is 1.76. The number of benzene rings is 2. The zero-order chi connectivity index (χ0) is 20.5. The number of fused-ring (bicyclic) bond motifs is 2. The van der Waals surface area contributed by atoms with Crippen molar-refractivity contribution in [2.45, 2.75) is 26.7 Å². The van der Waals surface area contributed by atoms with Crippen LogP contribution in [0.4, 0.5) is 0 Å². The summed E-state index contributed by atoms with van der Waals surface area (Å²) in [6.07, 6.45) is 2.19. The Hall–Kier alpha value is -2.57. The fourth-order valence-corrected chi connectivity index (χ4v) is 3.20. The van der Waals surface area contributed by atoms with E-state index in [9.17, 15) is 4.79 Å². The average Bonchev–Trinajstić information content (AvgIpc) is 2.74. The summed E-state index contributed by atoms with van der Waals surface area (Å²) in [5, 5.41) is 7.85. The Morgan fingerprint density at radius 3 is 1.69 bits per heavy atom. The normalized spacial score (nSPS) is 11.2. The number of hydrogen-bond acceptors (Lipinski definition) is 5. The maximum absolute atomic E-state index is 13.1. The highest BCUT2D eigenvalue weighted by molar-refractivity contribution is 5.93. The van der Waals surface area contributed by atoms with E-state index in [1.165, 1.54) is 0 Å². The van der Waals surface area contributed by atoms with Gasteiger partial charge in [-0.3, -0.25) is 4.79 Å². The van der Waals surface area contributed by atoms with Gasteiger partial charge in [-0.15, -0.1) is 0 Å². The molecule has 1 heterocycles. The van der Waals surface area contributed by atoms with E-state index in [-0.39, 0.29) is 5.43 Å². The van der Waals surface area contributed by atoms with Gasteiger partial charge in [0.15, 0.2) is 5.43 Å². The average molecular weight is 398 g/mol. The maximum atomic E-state index is 13.1. The van der Waals surface area contributed by atoms with Crippen molar-refractivity contribution in [1.29, 1.82) is 0 Å². The second-order valence-corrected chi connectivity index (χ2v) is 7.07. The van der Waals surface area contributed by atoms with E-state index in [0.29, 0.717) is 35.5 Å². The number of hydrogen-bond donors (Lipinski definition) is 3. The third-order valence-corrected chi connectivity index (χ3v) is 4.69. The lowest BCUT2D eigenvalue weighted by atomic mass is 10.1. The van der Waals surface area contributed by atoms with Crippen molar-refractivity contribution < 1.29 is 9.47 Å². The molecule has 0 radical (unpaired) electrons. The highest BCUT2D eigenvalue weighted by atomic mass is 16.5. The molecule has 0 aliphatic carbocycles. The molecule has 6 heteroatoms. The van der Waals surface area contributed by atoms with Gasteiger partial charge >= 0.3 is 0 Å². The molecule has 0 amide bonds. The van der Waals surface area contributed by atoms with Crippen LogP contribution < -0.4 is 25.5 Å². The molecule has 29 heavy (non-hydrogen) atoms. The van der Waals surface area contributed by atoms with Gasteiger partial charge in [-0.05, 0) is 62.3 Å². The zero-order valence-corrected chi connectivity index (χ0v) is 17.3. The first kappa shape index (κ1) is 21.1. The molecular formula is C23H31N3O3. The molecule has 0 aliphatic heterocycles. The Kier molecular flexibility index (Phi) is 7.90. The van der Waals surface area contributed by atoms with E-state index in [2.05, 4.69) is 29.5 Å². The van der Waals surface area contributed by atoms with Crippen molar-refractivity contribution in [3.63, 3.8) is 0 Å². The smallest absolute Gasteiger partial charge is 0.197 e. The minimum Gasteiger partial charge on any atom is -0.492 e. The Bertz CT molecular complexity index is 909. The van der Waals surface area contributed by atoms with Gasteiger partial charge in [0.05, 0.1) is 11.0 Å².